The molecular formula is C19H22O3. The maximum atomic E-state index is 12.2. The molecule has 0 fully saturated rings. The zero-order chi connectivity index (χ0) is 16.5. The highest BCUT2D eigenvalue weighted by Crippen LogP contribution is 2.27. The Balaban J connectivity index is 2.45. The fourth-order valence-electron chi connectivity index (χ4n) is 2.29. The quantitative estimate of drug-likeness (QED) is 0.493. The molecule has 0 aromatic carbocycles. The van der Waals surface area contributed by atoms with Crippen molar-refractivity contribution in [2.75, 3.05) is 6.61 Å². The summed E-state index contributed by atoms with van der Waals surface area (Å²) in [7, 11) is 0. The zero-order valence-corrected chi connectivity index (χ0v) is 13.5. The molecule has 0 saturated carbocycles. The molecule has 0 heterocycles. The average Bonchev–Trinajstić information content (AvgIpc) is 2.52. The highest BCUT2D eigenvalue weighted by Gasteiger charge is 2.26. The lowest BCUT2D eigenvalue weighted by molar-refractivity contribution is -0.116. The largest absolute Gasteiger partial charge is 0.384 e. The molecule has 0 amide bonds. The fourth-order valence-corrected chi connectivity index (χ4v) is 2.29. The Bertz CT molecular complexity index is 640. The predicted octanol–water partition coefficient (Wildman–Crippen LogP) is 2.74. The lowest BCUT2D eigenvalue weighted by atomic mass is 9.84. The Labute approximate surface area is 132 Å². The van der Waals surface area contributed by atoms with Gasteiger partial charge in [-0.2, -0.15) is 0 Å². The van der Waals surface area contributed by atoms with Gasteiger partial charge in [-0.05, 0) is 40.0 Å². The van der Waals surface area contributed by atoms with Gasteiger partial charge in [-0.1, -0.05) is 17.8 Å². The molecule has 0 aliphatic heterocycles. The van der Waals surface area contributed by atoms with E-state index in [2.05, 4.69) is 23.7 Å². The van der Waals surface area contributed by atoms with Gasteiger partial charge in [-0.15, -0.1) is 5.92 Å². The van der Waals surface area contributed by atoms with Crippen molar-refractivity contribution in [1.29, 1.82) is 0 Å². The van der Waals surface area contributed by atoms with Crippen molar-refractivity contribution < 1.29 is 14.7 Å². The van der Waals surface area contributed by atoms with Gasteiger partial charge in [0.25, 0.3) is 0 Å². The van der Waals surface area contributed by atoms with E-state index in [9.17, 15) is 9.59 Å². The van der Waals surface area contributed by atoms with E-state index in [1.54, 1.807) is 20.8 Å². The van der Waals surface area contributed by atoms with Crippen molar-refractivity contribution >= 4 is 11.6 Å². The van der Waals surface area contributed by atoms with E-state index in [-0.39, 0.29) is 18.2 Å². The molecule has 22 heavy (non-hydrogen) atoms. The number of aliphatic hydroxyl groups excluding tert-OH is 1. The molecule has 3 nitrogen and oxygen atoms in total. The van der Waals surface area contributed by atoms with E-state index in [0.717, 1.165) is 19.3 Å². The number of rotatable bonds is 4. The molecule has 116 valence electrons. The molecule has 0 spiro atoms. The Morgan fingerprint density at radius 3 is 2.14 bits per heavy atom. The number of carbonyl (C=O) groups excluding carboxylic acids is 2. The van der Waals surface area contributed by atoms with E-state index in [1.165, 1.54) is 0 Å². The molecular weight excluding hydrogens is 276 g/mol. The number of carbonyl (C=O) groups is 2. The van der Waals surface area contributed by atoms with Crippen LogP contribution in [0.4, 0.5) is 0 Å². The molecule has 0 aromatic heterocycles. The number of hydrogen-bond acceptors (Lipinski definition) is 3. The summed E-state index contributed by atoms with van der Waals surface area (Å²) in [6, 6.07) is 0. The second-order valence-corrected chi connectivity index (χ2v) is 5.26. The number of ketones is 2. The Morgan fingerprint density at radius 2 is 1.45 bits per heavy atom. The Morgan fingerprint density at radius 1 is 0.818 bits per heavy atom. The van der Waals surface area contributed by atoms with Crippen LogP contribution in [0.3, 0.4) is 0 Å². The van der Waals surface area contributed by atoms with Crippen LogP contribution in [0.1, 0.15) is 52.9 Å². The summed E-state index contributed by atoms with van der Waals surface area (Å²) in [6.45, 7) is 5.05. The van der Waals surface area contributed by atoms with E-state index in [4.69, 9.17) is 5.11 Å². The van der Waals surface area contributed by atoms with Crippen LogP contribution in [0.5, 0.6) is 0 Å². The van der Waals surface area contributed by atoms with Crippen LogP contribution >= 0.6 is 0 Å². The molecule has 1 N–H and O–H groups in total. The van der Waals surface area contributed by atoms with E-state index >= 15 is 0 Å². The third-order valence-electron chi connectivity index (χ3n) is 3.80. The third kappa shape index (κ3) is 4.72. The van der Waals surface area contributed by atoms with Gasteiger partial charge in [-0.3, -0.25) is 9.59 Å². The van der Waals surface area contributed by atoms with Gasteiger partial charge >= 0.3 is 0 Å². The van der Waals surface area contributed by atoms with Gasteiger partial charge in [0.15, 0.2) is 11.6 Å². The first kappa shape index (κ1) is 18.0. The lowest BCUT2D eigenvalue weighted by Crippen LogP contribution is -2.20. The lowest BCUT2D eigenvalue weighted by Gasteiger charge is -2.18. The van der Waals surface area contributed by atoms with E-state index < -0.39 is 0 Å². The number of hydrogen-bond donors (Lipinski definition) is 1. The molecule has 0 bridgehead atoms. The topological polar surface area (TPSA) is 54.4 Å². The van der Waals surface area contributed by atoms with Gasteiger partial charge in [-0.25, -0.2) is 0 Å². The van der Waals surface area contributed by atoms with Crippen molar-refractivity contribution in [2.45, 2.75) is 52.9 Å². The summed E-state index contributed by atoms with van der Waals surface area (Å²) in [5.41, 5.74) is 2.40. The summed E-state index contributed by atoms with van der Waals surface area (Å²) in [4.78, 5) is 24.3. The van der Waals surface area contributed by atoms with Crippen molar-refractivity contribution in [1.82, 2.24) is 0 Å². The molecule has 3 heteroatoms. The van der Waals surface area contributed by atoms with Gasteiger partial charge in [0.05, 0.1) is 6.42 Å². The van der Waals surface area contributed by atoms with Crippen molar-refractivity contribution in [3.05, 3.63) is 22.3 Å². The van der Waals surface area contributed by atoms with Crippen LogP contribution < -0.4 is 0 Å². The van der Waals surface area contributed by atoms with Crippen molar-refractivity contribution in [2.24, 2.45) is 0 Å². The fraction of sp³-hybridized carbons (Fsp3) is 0.474. The van der Waals surface area contributed by atoms with Gasteiger partial charge < -0.3 is 5.11 Å². The van der Waals surface area contributed by atoms with Crippen LogP contribution in [0.2, 0.25) is 0 Å². The summed E-state index contributed by atoms with van der Waals surface area (Å²) in [6.07, 6.45) is 3.59. The van der Waals surface area contributed by atoms with Crippen LogP contribution in [0.15, 0.2) is 22.3 Å². The first-order valence-corrected chi connectivity index (χ1v) is 7.49. The maximum absolute atomic E-state index is 12.2. The highest BCUT2D eigenvalue weighted by molar-refractivity contribution is 6.24. The summed E-state index contributed by atoms with van der Waals surface area (Å²) >= 11 is 0. The molecule has 1 aliphatic carbocycles. The Kier molecular flexibility index (Phi) is 7.37. The van der Waals surface area contributed by atoms with Crippen LogP contribution in [0.25, 0.3) is 0 Å². The molecule has 0 unspecified atom stereocenters. The van der Waals surface area contributed by atoms with Crippen LogP contribution in [0, 0.1) is 23.7 Å². The van der Waals surface area contributed by atoms with Crippen molar-refractivity contribution in [3.63, 3.8) is 0 Å². The third-order valence-corrected chi connectivity index (χ3v) is 3.80. The standard InChI is InChI=1S/C19H22O3/c1-14-15(2)19(22)17(16(3)18(14)21)12-10-8-6-4-5-7-9-11-13-20/h20H,6-8,10,12-13H2,1-3H3. The summed E-state index contributed by atoms with van der Waals surface area (Å²) in [5, 5.41) is 8.48. The van der Waals surface area contributed by atoms with Crippen LogP contribution in [-0.2, 0) is 9.59 Å². The predicted molar refractivity (Wildman–Crippen MR) is 86.8 cm³/mol. The first-order valence-electron chi connectivity index (χ1n) is 7.49. The van der Waals surface area contributed by atoms with E-state index in [1.807, 2.05) is 0 Å². The zero-order valence-electron chi connectivity index (χ0n) is 13.5. The SMILES string of the molecule is CC1=C(C)C(=O)C(CCCCC#CCC#CCO)=C(C)C1=O. The van der Waals surface area contributed by atoms with E-state index in [0.29, 0.717) is 35.1 Å². The second kappa shape index (κ2) is 9.03. The molecule has 0 aromatic rings. The van der Waals surface area contributed by atoms with Gasteiger partial charge in [0, 0.05) is 28.7 Å². The van der Waals surface area contributed by atoms with Gasteiger partial charge in [0.2, 0.25) is 0 Å². The number of unbranched alkanes of at least 4 members (excludes halogenated alkanes) is 2. The molecule has 0 atom stereocenters. The molecule has 0 saturated heterocycles. The second-order valence-electron chi connectivity index (χ2n) is 5.26. The Hall–Kier alpha value is -2.10. The maximum Gasteiger partial charge on any atom is 0.185 e. The highest BCUT2D eigenvalue weighted by atomic mass is 16.2. The number of aliphatic hydroxyl groups is 1. The molecule has 0 radical (unpaired) electrons. The number of Topliss-reactive ketones (excluding diaryl/α,β-unsaturated/α-hetero) is 2. The minimum Gasteiger partial charge on any atom is -0.384 e. The average molecular weight is 298 g/mol. The minimum absolute atomic E-state index is 0.00523. The first-order chi connectivity index (χ1) is 10.5. The molecule has 1 rings (SSSR count). The molecule has 1 aliphatic rings. The smallest absolute Gasteiger partial charge is 0.185 e. The monoisotopic (exact) mass is 298 g/mol. The summed E-state index contributed by atoms with van der Waals surface area (Å²) < 4.78 is 0. The van der Waals surface area contributed by atoms with Gasteiger partial charge in [0.1, 0.15) is 6.61 Å². The minimum atomic E-state index is -0.129. The van der Waals surface area contributed by atoms with Crippen molar-refractivity contribution in [3.8, 4) is 23.7 Å². The number of allylic oxidation sites excluding steroid dienone is 4. The normalized spacial score (nSPS) is 14.5. The summed E-state index contributed by atoms with van der Waals surface area (Å²) in [5.74, 6) is 11.2. The van der Waals surface area contributed by atoms with Crippen LogP contribution in [-0.4, -0.2) is 23.3 Å².